The zero-order chi connectivity index (χ0) is 15.9. The monoisotopic (exact) mass is 341 g/mol. The summed E-state index contributed by atoms with van der Waals surface area (Å²) in [5, 5.41) is 12.9. The van der Waals surface area contributed by atoms with Gasteiger partial charge in [-0.25, -0.2) is 0 Å². The van der Waals surface area contributed by atoms with E-state index in [9.17, 15) is 5.11 Å². The van der Waals surface area contributed by atoms with Crippen LogP contribution in [-0.2, 0) is 23.7 Å². The lowest BCUT2D eigenvalue weighted by atomic mass is 10.1. The molecule has 1 fully saturated rings. The van der Waals surface area contributed by atoms with Crippen LogP contribution < -0.4 is 5.32 Å². The van der Waals surface area contributed by atoms with Gasteiger partial charge in [-0.3, -0.25) is 0 Å². The van der Waals surface area contributed by atoms with E-state index in [1.807, 2.05) is 0 Å². The molecule has 8 heteroatoms. The Bertz CT molecular complexity index is 243. The van der Waals surface area contributed by atoms with Crippen LogP contribution in [0.15, 0.2) is 0 Å². The maximum absolute atomic E-state index is 9.69. The van der Waals surface area contributed by atoms with Crippen LogP contribution >= 0.6 is 11.6 Å². The molecule has 7 nitrogen and oxygen atoms in total. The molecule has 1 aliphatic heterocycles. The average molecular weight is 342 g/mol. The second-order valence-corrected chi connectivity index (χ2v) is 5.34. The minimum Gasteiger partial charge on any atom is -0.393 e. The van der Waals surface area contributed by atoms with E-state index in [0.717, 1.165) is 13.1 Å². The molecular formula is C14H28ClNO6. The fraction of sp³-hybridized carbons (Fsp3) is 1.00. The van der Waals surface area contributed by atoms with Gasteiger partial charge >= 0.3 is 0 Å². The minimum atomic E-state index is -0.895. The molecule has 0 aromatic heterocycles. The standard InChI is InChI=1S/C14H28ClNO6/c15-1-4-20-12-14(11-17)13-21-8-7-18-5-2-16-3-6-19-9-10-22-14/h16-17H,1-13H2. The van der Waals surface area contributed by atoms with E-state index in [-0.39, 0.29) is 19.8 Å². The molecule has 0 radical (unpaired) electrons. The number of rotatable bonds is 5. The maximum Gasteiger partial charge on any atom is 0.138 e. The molecule has 1 atom stereocenters. The Morgan fingerprint density at radius 3 is 2.36 bits per heavy atom. The van der Waals surface area contributed by atoms with Gasteiger partial charge in [-0.2, -0.15) is 0 Å². The van der Waals surface area contributed by atoms with Crippen LogP contribution in [0, 0.1) is 0 Å². The van der Waals surface area contributed by atoms with Crippen molar-refractivity contribution >= 4 is 11.6 Å². The molecule has 1 aliphatic rings. The highest BCUT2D eigenvalue weighted by molar-refractivity contribution is 6.17. The SMILES string of the molecule is OCC1(COCCCl)COCCOCCNCCOCCO1. The van der Waals surface area contributed by atoms with Gasteiger partial charge in [0.25, 0.3) is 0 Å². The van der Waals surface area contributed by atoms with E-state index in [0.29, 0.717) is 52.1 Å². The lowest BCUT2D eigenvalue weighted by molar-refractivity contribution is -0.164. The van der Waals surface area contributed by atoms with Crippen molar-refractivity contribution in [3.8, 4) is 0 Å². The minimum absolute atomic E-state index is 0.197. The molecule has 2 N–H and O–H groups in total. The van der Waals surface area contributed by atoms with Crippen LogP contribution in [0.1, 0.15) is 0 Å². The third kappa shape index (κ3) is 9.22. The molecule has 132 valence electrons. The van der Waals surface area contributed by atoms with Crippen LogP contribution in [-0.4, -0.2) is 95.7 Å². The van der Waals surface area contributed by atoms with Crippen LogP contribution in [0.4, 0.5) is 0 Å². The molecule has 0 bridgehead atoms. The van der Waals surface area contributed by atoms with Gasteiger partial charge < -0.3 is 34.1 Å². The summed E-state index contributed by atoms with van der Waals surface area (Å²) in [4.78, 5) is 0. The number of nitrogens with one attached hydrogen (secondary N) is 1. The van der Waals surface area contributed by atoms with E-state index >= 15 is 0 Å². The first-order chi connectivity index (χ1) is 10.8. The summed E-state index contributed by atoms with van der Waals surface area (Å²) in [5.41, 5.74) is -0.895. The molecule has 22 heavy (non-hydrogen) atoms. The fourth-order valence-corrected chi connectivity index (χ4v) is 1.99. The Labute approximate surface area is 137 Å². The van der Waals surface area contributed by atoms with Crippen molar-refractivity contribution < 1.29 is 28.8 Å². The van der Waals surface area contributed by atoms with Crippen molar-refractivity contribution in [1.29, 1.82) is 0 Å². The number of hydrogen-bond donors (Lipinski definition) is 2. The Hall–Kier alpha value is 0.01000. The van der Waals surface area contributed by atoms with E-state index in [1.165, 1.54) is 0 Å². The highest BCUT2D eigenvalue weighted by Crippen LogP contribution is 2.13. The Morgan fingerprint density at radius 2 is 1.68 bits per heavy atom. The Kier molecular flexibility index (Phi) is 12.3. The van der Waals surface area contributed by atoms with Gasteiger partial charge in [-0.1, -0.05) is 0 Å². The topological polar surface area (TPSA) is 78.4 Å². The third-order valence-electron chi connectivity index (χ3n) is 3.09. The predicted molar refractivity (Wildman–Crippen MR) is 82.6 cm³/mol. The molecule has 1 heterocycles. The van der Waals surface area contributed by atoms with E-state index in [1.54, 1.807) is 0 Å². The molecule has 0 saturated carbocycles. The van der Waals surface area contributed by atoms with Crippen molar-refractivity contribution in [2.24, 2.45) is 0 Å². The molecular weight excluding hydrogens is 314 g/mol. The van der Waals surface area contributed by atoms with Gasteiger partial charge in [0.1, 0.15) is 5.60 Å². The molecule has 0 aliphatic carbocycles. The van der Waals surface area contributed by atoms with Crippen molar-refractivity contribution in [3.05, 3.63) is 0 Å². The first-order valence-electron chi connectivity index (χ1n) is 7.65. The second kappa shape index (κ2) is 13.4. The van der Waals surface area contributed by atoms with Crippen LogP contribution in [0.2, 0.25) is 0 Å². The normalized spacial score (nSPS) is 27.0. The zero-order valence-corrected chi connectivity index (χ0v) is 13.8. The van der Waals surface area contributed by atoms with Crippen LogP contribution in [0.5, 0.6) is 0 Å². The number of halogens is 1. The van der Waals surface area contributed by atoms with Gasteiger partial charge in [-0.05, 0) is 0 Å². The fourth-order valence-electron chi connectivity index (χ4n) is 1.89. The first-order valence-corrected chi connectivity index (χ1v) is 8.19. The number of ether oxygens (including phenoxy) is 5. The predicted octanol–water partition coefficient (Wildman–Crippen LogP) is -0.357. The van der Waals surface area contributed by atoms with Gasteiger partial charge in [0, 0.05) is 19.0 Å². The lowest BCUT2D eigenvalue weighted by Crippen LogP contribution is -2.47. The number of alkyl halides is 1. The quantitative estimate of drug-likeness (QED) is 0.522. The average Bonchev–Trinajstić information content (AvgIpc) is 2.55. The summed E-state index contributed by atoms with van der Waals surface area (Å²) in [5.74, 6) is 0.395. The first kappa shape index (κ1) is 20.1. The summed E-state index contributed by atoms with van der Waals surface area (Å²) in [6.07, 6.45) is 0. The highest BCUT2D eigenvalue weighted by atomic mass is 35.5. The molecule has 1 rings (SSSR count). The summed E-state index contributed by atoms with van der Waals surface area (Å²) in [6.45, 7) is 5.20. The smallest absolute Gasteiger partial charge is 0.138 e. The molecule has 1 saturated heterocycles. The summed E-state index contributed by atoms with van der Waals surface area (Å²) < 4.78 is 27.7. The lowest BCUT2D eigenvalue weighted by Gasteiger charge is -2.31. The van der Waals surface area contributed by atoms with Gasteiger partial charge in [-0.15, -0.1) is 11.6 Å². The summed E-state index contributed by atoms with van der Waals surface area (Å²) in [6, 6.07) is 0. The third-order valence-corrected chi connectivity index (χ3v) is 3.25. The number of aliphatic hydroxyl groups is 1. The van der Waals surface area contributed by atoms with Crippen molar-refractivity contribution in [2.75, 3.05) is 85.0 Å². The second-order valence-electron chi connectivity index (χ2n) is 4.96. The van der Waals surface area contributed by atoms with E-state index in [2.05, 4.69) is 5.32 Å². The maximum atomic E-state index is 9.69. The molecule has 0 aromatic rings. The van der Waals surface area contributed by atoms with Gasteiger partial charge in [0.2, 0.25) is 0 Å². The highest BCUT2D eigenvalue weighted by Gasteiger charge is 2.31. The summed E-state index contributed by atoms with van der Waals surface area (Å²) >= 11 is 5.60. The number of hydrogen-bond acceptors (Lipinski definition) is 7. The summed E-state index contributed by atoms with van der Waals surface area (Å²) in [7, 11) is 0. The van der Waals surface area contributed by atoms with Crippen molar-refractivity contribution in [3.63, 3.8) is 0 Å². The largest absolute Gasteiger partial charge is 0.393 e. The van der Waals surface area contributed by atoms with E-state index < -0.39 is 5.60 Å². The zero-order valence-electron chi connectivity index (χ0n) is 13.1. The Balaban J connectivity index is 2.45. The molecule has 0 spiro atoms. The van der Waals surface area contributed by atoms with Crippen LogP contribution in [0.25, 0.3) is 0 Å². The Morgan fingerprint density at radius 1 is 1.00 bits per heavy atom. The van der Waals surface area contributed by atoms with E-state index in [4.69, 9.17) is 35.3 Å². The molecule has 0 aromatic carbocycles. The van der Waals surface area contributed by atoms with Crippen molar-refractivity contribution in [2.45, 2.75) is 5.60 Å². The van der Waals surface area contributed by atoms with Gasteiger partial charge in [0.05, 0.1) is 66.1 Å². The molecule has 0 amide bonds. The molecule has 1 unspecified atom stereocenters. The van der Waals surface area contributed by atoms with Crippen molar-refractivity contribution in [1.82, 2.24) is 5.32 Å². The van der Waals surface area contributed by atoms with Gasteiger partial charge in [0.15, 0.2) is 0 Å². The van der Waals surface area contributed by atoms with Crippen LogP contribution in [0.3, 0.4) is 0 Å². The number of aliphatic hydroxyl groups excluding tert-OH is 1.